The number of thioether (sulfide) groups is 2. The molecular weight excluding hydrogens is 693 g/mol. The number of hydrogen-bond acceptors (Lipinski definition) is 16. The molecule has 2 aliphatic heterocycles. The lowest BCUT2D eigenvalue weighted by Gasteiger charge is -2.17. The summed E-state index contributed by atoms with van der Waals surface area (Å²) in [5.74, 6) is 5.91. The molecule has 0 radical (unpaired) electrons. The van der Waals surface area contributed by atoms with E-state index in [1.165, 1.54) is 18.2 Å². The Balaban J connectivity index is 0.000000195. The summed E-state index contributed by atoms with van der Waals surface area (Å²) >= 11 is 3.69. The molecule has 9 N–H and O–H groups in total. The molecule has 4 aliphatic rings. The summed E-state index contributed by atoms with van der Waals surface area (Å²) in [5.41, 5.74) is 16.7. The number of ether oxygens (including phenoxy) is 2. The lowest BCUT2D eigenvalue weighted by molar-refractivity contribution is 0.103. The van der Waals surface area contributed by atoms with E-state index in [0.29, 0.717) is 56.4 Å². The molecule has 2 saturated heterocycles. The highest BCUT2D eigenvalue weighted by Gasteiger charge is 2.32. The lowest BCUT2D eigenvalue weighted by atomic mass is 10.0. The summed E-state index contributed by atoms with van der Waals surface area (Å²) in [5, 5.41) is 40.2. The van der Waals surface area contributed by atoms with Crippen LogP contribution in [-0.4, -0.2) is 153 Å². The summed E-state index contributed by atoms with van der Waals surface area (Å²) in [7, 11) is 0. The number of aromatic nitrogens is 4. The van der Waals surface area contributed by atoms with Crippen molar-refractivity contribution in [2.24, 2.45) is 11.8 Å². The number of fused-ring (bicyclic) bond motifs is 2. The van der Waals surface area contributed by atoms with Gasteiger partial charge in [0.25, 0.3) is 0 Å². The number of rotatable bonds is 18. The summed E-state index contributed by atoms with van der Waals surface area (Å²) in [6.07, 6.45) is 12.5. The van der Waals surface area contributed by atoms with E-state index in [9.17, 15) is 10.2 Å². The van der Waals surface area contributed by atoms with E-state index in [-0.39, 0.29) is 25.4 Å². The number of likely N-dealkylation sites (tertiary alicyclic amines) is 1. The van der Waals surface area contributed by atoms with E-state index < -0.39 is 0 Å². The van der Waals surface area contributed by atoms with E-state index in [4.69, 9.17) is 31.2 Å². The maximum atomic E-state index is 10.4. The maximum Gasteiger partial charge on any atom is 0.130 e. The molecule has 4 heterocycles. The molecule has 0 unspecified atom stereocenters. The Morgan fingerprint density at radius 1 is 0.765 bits per heavy atom. The minimum Gasteiger partial charge on any atom is -0.394 e. The normalized spacial score (nSPS) is 21.8. The number of anilines is 2. The molecule has 6 rings (SSSR count). The molecule has 14 nitrogen and oxygen atoms in total. The highest BCUT2D eigenvalue weighted by molar-refractivity contribution is 7.99. The largest absolute Gasteiger partial charge is 0.394 e. The van der Waals surface area contributed by atoms with Crippen LogP contribution in [0.2, 0.25) is 0 Å². The number of aliphatic hydroxyl groups is 4. The Hall–Kier alpha value is -2.38. The van der Waals surface area contributed by atoms with Crippen molar-refractivity contribution < 1.29 is 29.9 Å². The molecule has 16 heteroatoms. The number of allylic oxidation sites excluding steroid dienone is 2. The third kappa shape index (κ3) is 13.8. The lowest BCUT2D eigenvalue weighted by Crippen LogP contribution is -2.24. The van der Waals surface area contributed by atoms with Gasteiger partial charge in [-0.15, -0.1) is 0 Å². The molecule has 0 amide bonds. The van der Waals surface area contributed by atoms with Gasteiger partial charge in [-0.05, 0) is 60.7 Å². The third-order valence-electron chi connectivity index (χ3n) is 9.11. The van der Waals surface area contributed by atoms with Gasteiger partial charge in [-0.3, -0.25) is 4.90 Å². The first-order valence-corrected chi connectivity index (χ1v) is 20.1. The van der Waals surface area contributed by atoms with Crippen LogP contribution >= 0.6 is 23.5 Å². The van der Waals surface area contributed by atoms with Gasteiger partial charge in [0, 0.05) is 55.4 Å². The molecule has 0 saturated carbocycles. The van der Waals surface area contributed by atoms with Crippen LogP contribution < -0.4 is 16.8 Å². The van der Waals surface area contributed by atoms with E-state index in [2.05, 4.69) is 36.2 Å². The van der Waals surface area contributed by atoms with Crippen molar-refractivity contribution in [1.82, 2.24) is 30.2 Å². The van der Waals surface area contributed by atoms with Gasteiger partial charge in [-0.1, -0.05) is 12.2 Å². The predicted molar refractivity (Wildman–Crippen MR) is 205 cm³/mol. The zero-order valence-electron chi connectivity index (χ0n) is 29.4. The van der Waals surface area contributed by atoms with Crippen LogP contribution in [-0.2, 0) is 22.3 Å². The summed E-state index contributed by atoms with van der Waals surface area (Å²) in [6, 6.07) is 0. The zero-order chi connectivity index (χ0) is 36.3. The smallest absolute Gasteiger partial charge is 0.130 e. The van der Waals surface area contributed by atoms with Crippen LogP contribution in [0.1, 0.15) is 35.4 Å². The van der Waals surface area contributed by atoms with Crippen molar-refractivity contribution in [2.45, 2.75) is 37.9 Å². The van der Waals surface area contributed by atoms with Gasteiger partial charge in [0.15, 0.2) is 0 Å². The summed E-state index contributed by atoms with van der Waals surface area (Å²) < 4.78 is 10.4. The fraction of sp³-hybridized carbons (Fsp3) is 0.657. The number of β-amino-alcohol motifs (C(OH)–C–C–N with tert-alkyl or cyclic N) is 2. The van der Waals surface area contributed by atoms with E-state index in [1.807, 2.05) is 35.7 Å². The van der Waals surface area contributed by atoms with Gasteiger partial charge in [0.1, 0.15) is 24.3 Å². The molecule has 284 valence electrons. The van der Waals surface area contributed by atoms with Crippen molar-refractivity contribution in [3.8, 4) is 0 Å². The van der Waals surface area contributed by atoms with Crippen LogP contribution in [0.5, 0.6) is 0 Å². The van der Waals surface area contributed by atoms with Crippen LogP contribution in [0.25, 0.3) is 11.6 Å². The average molecular weight is 749 g/mol. The SMILES string of the molecule is Nc1ncnc2c1CC=C2.Nc1ncnc2c1CC=C2CN1C[C@H](CCSCCOCCO)[C@@H](O)C1.OCCOCCSCC[C@H]1CNC[C@@H]1O. The number of nitrogens with two attached hydrogens (primary N) is 2. The monoisotopic (exact) mass is 748 g/mol. The second-order valence-electron chi connectivity index (χ2n) is 12.7. The van der Waals surface area contributed by atoms with E-state index >= 15 is 0 Å². The number of nitrogen functional groups attached to an aromatic ring is 2. The molecule has 2 fully saturated rings. The Kier molecular flexibility index (Phi) is 18.9. The highest BCUT2D eigenvalue weighted by Crippen LogP contribution is 2.31. The minimum absolute atomic E-state index is 0.0777. The molecule has 4 atom stereocenters. The molecule has 0 aromatic carbocycles. The van der Waals surface area contributed by atoms with Gasteiger partial charge < -0.3 is 46.7 Å². The van der Waals surface area contributed by atoms with Gasteiger partial charge in [0.05, 0.1) is 63.2 Å². The second kappa shape index (κ2) is 23.3. The van der Waals surface area contributed by atoms with Crippen molar-refractivity contribution in [2.75, 3.05) is 107 Å². The first-order valence-electron chi connectivity index (χ1n) is 17.8. The van der Waals surface area contributed by atoms with E-state index in [1.54, 1.807) is 0 Å². The number of hydrogen-bond donors (Lipinski definition) is 7. The fourth-order valence-corrected chi connectivity index (χ4v) is 8.12. The fourth-order valence-electron chi connectivity index (χ4n) is 6.30. The first-order chi connectivity index (χ1) is 24.9. The number of aliphatic hydroxyl groups excluding tert-OH is 4. The van der Waals surface area contributed by atoms with Crippen molar-refractivity contribution >= 4 is 46.8 Å². The third-order valence-corrected chi connectivity index (χ3v) is 11.1. The number of nitrogens with one attached hydrogen (secondary N) is 1. The minimum atomic E-state index is -0.266. The maximum absolute atomic E-state index is 10.4. The zero-order valence-corrected chi connectivity index (χ0v) is 31.1. The molecule has 0 spiro atoms. The summed E-state index contributed by atoms with van der Waals surface area (Å²) in [6.45, 7) is 6.52. The predicted octanol–water partition coefficient (Wildman–Crippen LogP) is 0.750. The topological polar surface area (TPSA) is 218 Å². The van der Waals surface area contributed by atoms with Gasteiger partial charge in [-0.2, -0.15) is 23.5 Å². The summed E-state index contributed by atoms with van der Waals surface area (Å²) in [4.78, 5) is 18.7. The van der Waals surface area contributed by atoms with Crippen molar-refractivity contribution in [3.63, 3.8) is 0 Å². The van der Waals surface area contributed by atoms with E-state index in [0.717, 1.165) is 97.4 Å². The van der Waals surface area contributed by atoms with Crippen molar-refractivity contribution in [3.05, 3.63) is 47.3 Å². The van der Waals surface area contributed by atoms with Crippen LogP contribution in [0.15, 0.2) is 24.8 Å². The van der Waals surface area contributed by atoms with Crippen LogP contribution in [0.4, 0.5) is 11.6 Å². The highest BCUT2D eigenvalue weighted by atomic mass is 32.2. The molecule has 2 aromatic heterocycles. The first kappa shape index (κ1) is 41.4. The van der Waals surface area contributed by atoms with Gasteiger partial charge in [0.2, 0.25) is 0 Å². The standard InChI is InChI=1S/C18H28N4O3S.C10H21NO3S.C7H7N3/c19-18-15-2-1-14(17(15)20-12-21-18)10-22-9-13(16(24)11-22)3-7-26-8-6-25-5-4-23;12-2-3-14-4-6-15-5-1-9-7-11-8-10(9)13;8-7-5-2-1-3-6(5)9-4-10-7/h1,12-13,16,23-24H,2-11H2,(H2,19,20,21);9-13H,1-8H2;1,3-4H,2H2,(H2,8,9,10)/t13-,16-;9-,10-;/m00./s1. The quantitative estimate of drug-likeness (QED) is 0.105. The molecule has 2 aromatic rings. The Bertz CT molecular complexity index is 1380. The van der Waals surface area contributed by atoms with Crippen molar-refractivity contribution in [1.29, 1.82) is 0 Å². The molecule has 51 heavy (non-hydrogen) atoms. The van der Waals surface area contributed by atoms with Crippen LogP contribution in [0.3, 0.4) is 0 Å². The number of nitrogens with zero attached hydrogens (tertiary/aromatic N) is 5. The van der Waals surface area contributed by atoms with Crippen LogP contribution in [0, 0.1) is 11.8 Å². The molecule has 0 bridgehead atoms. The second-order valence-corrected chi connectivity index (χ2v) is 15.2. The Labute approximate surface area is 309 Å². The Morgan fingerprint density at radius 2 is 1.43 bits per heavy atom. The Morgan fingerprint density at radius 3 is 2.08 bits per heavy atom. The molecule has 2 aliphatic carbocycles. The van der Waals surface area contributed by atoms with Gasteiger partial charge >= 0.3 is 0 Å². The molecular formula is C35H56N8O6S2. The average Bonchev–Trinajstić information content (AvgIpc) is 3.94. The van der Waals surface area contributed by atoms with Gasteiger partial charge in [-0.25, -0.2) is 19.9 Å².